The third kappa shape index (κ3) is 4.87. The average Bonchev–Trinajstić information content (AvgIpc) is 3.41. The van der Waals surface area contributed by atoms with Crippen molar-refractivity contribution >= 4 is 18.0 Å². The molecule has 2 aromatic carbocycles. The van der Waals surface area contributed by atoms with Crippen LogP contribution in [-0.2, 0) is 14.3 Å². The maximum absolute atomic E-state index is 12.7. The summed E-state index contributed by atoms with van der Waals surface area (Å²) < 4.78 is 5.62. The lowest BCUT2D eigenvalue weighted by atomic mass is 9.98. The van der Waals surface area contributed by atoms with Crippen molar-refractivity contribution in [3.05, 3.63) is 59.7 Å². The monoisotopic (exact) mass is 450 g/mol. The first-order valence-corrected chi connectivity index (χ1v) is 11.5. The molecule has 2 atom stereocenters. The van der Waals surface area contributed by atoms with Crippen LogP contribution >= 0.6 is 0 Å². The van der Waals surface area contributed by atoms with E-state index in [-0.39, 0.29) is 37.3 Å². The lowest BCUT2D eigenvalue weighted by Crippen LogP contribution is -2.43. The van der Waals surface area contributed by atoms with Gasteiger partial charge in [0, 0.05) is 31.5 Å². The van der Waals surface area contributed by atoms with E-state index in [0.29, 0.717) is 13.0 Å². The smallest absolute Gasteiger partial charge is 0.407 e. The third-order valence-electron chi connectivity index (χ3n) is 6.74. The largest absolute Gasteiger partial charge is 0.481 e. The molecule has 2 N–H and O–H groups in total. The fourth-order valence-corrected chi connectivity index (χ4v) is 4.75. The maximum Gasteiger partial charge on any atom is 0.407 e. The molecule has 0 aromatic heterocycles. The van der Waals surface area contributed by atoms with Crippen LogP contribution in [0.2, 0.25) is 0 Å². The molecule has 7 heteroatoms. The minimum absolute atomic E-state index is 0.0207. The van der Waals surface area contributed by atoms with E-state index in [4.69, 9.17) is 9.84 Å². The van der Waals surface area contributed by atoms with Gasteiger partial charge in [0.1, 0.15) is 6.61 Å². The summed E-state index contributed by atoms with van der Waals surface area (Å²) in [5.41, 5.74) is 4.62. The number of likely N-dealkylation sites (tertiary alicyclic amines) is 1. The van der Waals surface area contributed by atoms with Gasteiger partial charge in [-0.15, -0.1) is 0 Å². The van der Waals surface area contributed by atoms with Crippen molar-refractivity contribution in [3.63, 3.8) is 0 Å². The van der Waals surface area contributed by atoms with Crippen LogP contribution in [0, 0.1) is 11.8 Å². The molecule has 4 rings (SSSR count). The number of hydrogen-bond donors (Lipinski definition) is 2. The van der Waals surface area contributed by atoms with Gasteiger partial charge in [-0.3, -0.25) is 9.59 Å². The van der Waals surface area contributed by atoms with Crippen LogP contribution < -0.4 is 5.32 Å². The molecule has 2 aliphatic rings. The number of carbonyl (C=O) groups excluding carboxylic acids is 2. The molecule has 1 heterocycles. The topological polar surface area (TPSA) is 95.9 Å². The Balaban J connectivity index is 1.35. The number of carboxylic acids is 1. The highest BCUT2D eigenvalue weighted by Gasteiger charge is 2.33. The number of carbonyl (C=O) groups is 3. The van der Waals surface area contributed by atoms with Gasteiger partial charge in [-0.05, 0) is 34.6 Å². The minimum atomic E-state index is -0.873. The standard InChI is InChI=1S/C26H30N2O5/c1-16(2)23(13-24(29)28-12-11-17(14-28)25(30)31)27-26(32)33-15-22-20-9-5-3-7-18(20)19-8-4-6-10-21(19)22/h3-10,16-17,22-23H,11-15H2,1-2H3,(H,27,32)(H,30,31)/t17?,23-/m1/s1. The van der Waals surface area contributed by atoms with Gasteiger partial charge in [0.05, 0.1) is 5.92 Å². The molecule has 1 unspecified atom stereocenters. The SMILES string of the molecule is CC(C)[C@@H](CC(=O)N1CCC(C(=O)O)C1)NC(=O)OCC1c2ccccc2-c2ccccc21. The fraction of sp³-hybridized carbons (Fsp3) is 0.423. The number of amides is 2. The molecule has 0 spiro atoms. The Morgan fingerprint density at radius 3 is 2.21 bits per heavy atom. The van der Waals surface area contributed by atoms with Crippen LogP contribution in [-0.4, -0.2) is 53.7 Å². The van der Waals surface area contributed by atoms with Crippen LogP contribution in [0.3, 0.4) is 0 Å². The van der Waals surface area contributed by atoms with Gasteiger partial charge >= 0.3 is 12.1 Å². The van der Waals surface area contributed by atoms with Crippen LogP contribution in [0.4, 0.5) is 4.79 Å². The van der Waals surface area contributed by atoms with E-state index < -0.39 is 24.0 Å². The molecule has 1 aliphatic carbocycles. The van der Waals surface area contributed by atoms with Gasteiger partial charge in [0.15, 0.2) is 0 Å². The summed E-state index contributed by atoms with van der Waals surface area (Å²) >= 11 is 0. The summed E-state index contributed by atoms with van der Waals surface area (Å²) in [4.78, 5) is 38.1. The number of hydrogen-bond acceptors (Lipinski definition) is 4. The zero-order chi connectivity index (χ0) is 23.5. The molecule has 1 saturated heterocycles. The Kier molecular flexibility index (Phi) is 6.67. The molecule has 2 amide bonds. The molecular formula is C26H30N2O5. The molecule has 1 fully saturated rings. The van der Waals surface area contributed by atoms with Crippen LogP contribution in [0.5, 0.6) is 0 Å². The average molecular weight is 451 g/mol. The van der Waals surface area contributed by atoms with Crippen molar-refractivity contribution in [1.82, 2.24) is 10.2 Å². The van der Waals surface area contributed by atoms with Gasteiger partial charge in [0.2, 0.25) is 5.91 Å². The number of aliphatic carboxylic acids is 1. The molecule has 0 radical (unpaired) electrons. The quantitative estimate of drug-likeness (QED) is 0.668. The molecule has 33 heavy (non-hydrogen) atoms. The summed E-state index contributed by atoms with van der Waals surface area (Å²) in [6.07, 6.45) is 0.0368. The fourth-order valence-electron chi connectivity index (χ4n) is 4.75. The molecule has 0 saturated carbocycles. The van der Waals surface area contributed by atoms with Crippen molar-refractivity contribution < 1.29 is 24.2 Å². The summed E-state index contributed by atoms with van der Waals surface area (Å²) in [5, 5.41) is 12.0. The van der Waals surface area contributed by atoms with E-state index in [9.17, 15) is 14.4 Å². The minimum Gasteiger partial charge on any atom is -0.481 e. The number of ether oxygens (including phenoxy) is 1. The summed E-state index contributed by atoms with van der Waals surface area (Å²) in [7, 11) is 0. The summed E-state index contributed by atoms with van der Waals surface area (Å²) in [6.45, 7) is 4.75. The molecule has 174 valence electrons. The van der Waals surface area contributed by atoms with Crippen LogP contribution in [0.1, 0.15) is 43.7 Å². The van der Waals surface area contributed by atoms with Crippen molar-refractivity contribution in [2.45, 2.75) is 38.6 Å². The van der Waals surface area contributed by atoms with E-state index >= 15 is 0 Å². The normalized spacial score (nSPS) is 18.0. The van der Waals surface area contributed by atoms with Crippen LogP contribution in [0.25, 0.3) is 11.1 Å². The second kappa shape index (κ2) is 9.65. The predicted octanol–water partition coefficient (Wildman–Crippen LogP) is 3.87. The van der Waals surface area contributed by atoms with Crippen molar-refractivity contribution in [1.29, 1.82) is 0 Å². The van der Waals surface area contributed by atoms with Crippen molar-refractivity contribution in [3.8, 4) is 11.1 Å². The highest BCUT2D eigenvalue weighted by atomic mass is 16.5. The van der Waals surface area contributed by atoms with E-state index in [1.54, 1.807) is 4.90 Å². The molecule has 2 aromatic rings. The molecular weight excluding hydrogens is 420 g/mol. The predicted molar refractivity (Wildman–Crippen MR) is 124 cm³/mol. The molecule has 1 aliphatic heterocycles. The number of alkyl carbamates (subject to hydrolysis) is 1. The third-order valence-corrected chi connectivity index (χ3v) is 6.74. The zero-order valence-corrected chi connectivity index (χ0v) is 19.0. The zero-order valence-electron chi connectivity index (χ0n) is 19.0. The maximum atomic E-state index is 12.7. The number of nitrogens with one attached hydrogen (secondary N) is 1. The number of fused-ring (bicyclic) bond motifs is 3. The van der Waals surface area contributed by atoms with Crippen LogP contribution in [0.15, 0.2) is 48.5 Å². The highest BCUT2D eigenvalue weighted by molar-refractivity contribution is 5.80. The first-order valence-electron chi connectivity index (χ1n) is 11.5. The number of nitrogens with zero attached hydrogens (tertiary/aromatic N) is 1. The number of rotatable bonds is 7. The Bertz CT molecular complexity index is 1000. The van der Waals surface area contributed by atoms with Gasteiger partial charge < -0.3 is 20.1 Å². The Morgan fingerprint density at radius 1 is 1.06 bits per heavy atom. The van der Waals surface area contributed by atoms with E-state index in [2.05, 4.69) is 29.6 Å². The van der Waals surface area contributed by atoms with Crippen molar-refractivity contribution in [2.75, 3.05) is 19.7 Å². The van der Waals surface area contributed by atoms with Gasteiger partial charge in [-0.1, -0.05) is 62.4 Å². The summed E-state index contributed by atoms with van der Waals surface area (Å²) in [5.74, 6) is -1.53. The molecule has 0 bridgehead atoms. The summed E-state index contributed by atoms with van der Waals surface area (Å²) in [6, 6.07) is 15.9. The van der Waals surface area contributed by atoms with E-state index in [0.717, 1.165) is 22.3 Å². The lowest BCUT2D eigenvalue weighted by molar-refractivity contribution is -0.141. The van der Waals surface area contributed by atoms with Gasteiger partial charge in [-0.25, -0.2) is 4.79 Å². The Labute approximate surface area is 193 Å². The highest BCUT2D eigenvalue weighted by Crippen LogP contribution is 2.44. The second-order valence-corrected chi connectivity index (χ2v) is 9.19. The number of benzene rings is 2. The van der Waals surface area contributed by atoms with E-state index in [1.165, 1.54) is 0 Å². The van der Waals surface area contributed by atoms with Gasteiger partial charge in [0.25, 0.3) is 0 Å². The van der Waals surface area contributed by atoms with Gasteiger partial charge in [-0.2, -0.15) is 0 Å². The second-order valence-electron chi connectivity index (χ2n) is 9.19. The first-order chi connectivity index (χ1) is 15.8. The lowest BCUT2D eigenvalue weighted by Gasteiger charge is -2.25. The Hall–Kier alpha value is -3.35. The van der Waals surface area contributed by atoms with E-state index in [1.807, 2.05) is 38.1 Å². The first kappa shape index (κ1) is 22.8. The number of carboxylic acid groups (broad SMARTS) is 1. The molecule has 7 nitrogen and oxygen atoms in total. The Morgan fingerprint density at radius 2 is 1.67 bits per heavy atom. The van der Waals surface area contributed by atoms with Crippen molar-refractivity contribution in [2.24, 2.45) is 11.8 Å².